The van der Waals surface area contributed by atoms with E-state index in [-0.39, 0.29) is 17.7 Å². The number of fused-ring (bicyclic) bond motifs is 1. The van der Waals surface area contributed by atoms with Crippen LogP contribution in [0, 0.1) is 5.92 Å². The van der Waals surface area contributed by atoms with Gasteiger partial charge in [0.25, 0.3) is 0 Å². The average molecular weight is 443 g/mol. The molecule has 0 aromatic heterocycles. The molecule has 0 spiro atoms. The molecule has 0 saturated carbocycles. The molecule has 33 heavy (non-hydrogen) atoms. The van der Waals surface area contributed by atoms with Crippen LogP contribution in [0.15, 0.2) is 72.8 Å². The molecule has 0 bridgehead atoms. The molecule has 1 heterocycles. The fourth-order valence-corrected chi connectivity index (χ4v) is 4.35. The summed E-state index contributed by atoms with van der Waals surface area (Å²) in [6.45, 7) is 1.79. The van der Waals surface area contributed by atoms with Crippen molar-refractivity contribution in [1.29, 1.82) is 0 Å². The standard InChI is InChI=1S/C28H30N2O3/c1-29(20-22-8-10-25-19-26(33-2)12-11-24(25)18-22)28(32)23-14-16-30(17-15-23)27(31)13-9-21-6-4-3-5-7-21/h3-13,18-19,23H,14-17,20H2,1-2H3/b13-9+. The highest BCUT2D eigenvalue weighted by Gasteiger charge is 2.28. The first-order valence-corrected chi connectivity index (χ1v) is 11.4. The number of methoxy groups -OCH3 is 1. The molecule has 1 aliphatic heterocycles. The van der Waals surface area contributed by atoms with Gasteiger partial charge in [-0.1, -0.05) is 48.5 Å². The van der Waals surface area contributed by atoms with Crippen LogP contribution < -0.4 is 4.74 Å². The SMILES string of the molecule is COc1ccc2cc(CN(C)C(=O)C3CCN(C(=O)/C=C/c4ccccc4)CC3)ccc2c1. The lowest BCUT2D eigenvalue weighted by Gasteiger charge is -2.32. The highest BCUT2D eigenvalue weighted by Crippen LogP contribution is 2.24. The first-order chi connectivity index (χ1) is 16.0. The Morgan fingerprint density at radius 1 is 1.00 bits per heavy atom. The highest BCUT2D eigenvalue weighted by molar-refractivity contribution is 5.92. The van der Waals surface area contributed by atoms with Crippen molar-refractivity contribution in [3.63, 3.8) is 0 Å². The van der Waals surface area contributed by atoms with Gasteiger partial charge in [0.05, 0.1) is 7.11 Å². The average Bonchev–Trinajstić information content (AvgIpc) is 2.87. The Hall–Kier alpha value is -3.60. The Morgan fingerprint density at radius 3 is 2.42 bits per heavy atom. The maximum Gasteiger partial charge on any atom is 0.246 e. The fraction of sp³-hybridized carbons (Fsp3) is 0.286. The van der Waals surface area contributed by atoms with Crippen LogP contribution in [-0.2, 0) is 16.1 Å². The van der Waals surface area contributed by atoms with Crippen LogP contribution in [-0.4, -0.2) is 48.9 Å². The maximum absolute atomic E-state index is 13.0. The molecule has 1 saturated heterocycles. The number of hydrogen-bond donors (Lipinski definition) is 0. The summed E-state index contributed by atoms with van der Waals surface area (Å²) in [4.78, 5) is 29.2. The zero-order valence-corrected chi connectivity index (χ0v) is 19.2. The van der Waals surface area contributed by atoms with E-state index < -0.39 is 0 Å². The van der Waals surface area contributed by atoms with Crippen LogP contribution in [0.5, 0.6) is 5.75 Å². The van der Waals surface area contributed by atoms with E-state index in [1.807, 2.05) is 71.5 Å². The molecule has 0 atom stereocenters. The van der Waals surface area contributed by atoms with Gasteiger partial charge in [-0.05, 0) is 59.0 Å². The summed E-state index contributed by atoms with van der Waals surface area (Å²) in [7, 11) is 3.53. The van der Waals surface area contributed by atoms with Gasteiger partial charge in [-0.3, -0.25) is 9.59 Å². The third-order valence-corrected chi connectivity index (χ3v) is 6.28. The fourth-order valence-electron chi connectivity index (χ4n) is 4.35. The van der Waals surface area contributed by atoms with Gasteiger partial charge < -0.3 is 14.5 Å². The number of benzene rings is 3. The Labute approximate surface area is 195 Å². The molecule has 1 fully saturated rings. The molecule has 0 N–H and O–H groups in total. The zero-order valence-electron chi connectivity index (χ0n) is 19.2. The second-order valence-corrected chi connectivity index (χ2v) is 8.59. The summed E-state index contributed by atoms with van der Waals surface area (Å²) < 4.78 is 5.29. The maximum atomic E-state index is 13.0. The third-order valence-electron chi connectivity index (χ3n) is 6.28. The summed E-state index contributed by atoms with van der Waals surface area (Å²) >= 11 is 0. The van der Waals surface area contributed by atoms with Gasteiger partial charge in [0.2, 0.25) is 11.8 Å². The molecular weight excluding hydrogens is 412 g/mol. The highest BCUT2D eigenvalue weighted by atomic mass is 16.5. The third kappa shape index (κ3) is 5.61. The van der Waals surface area contributed by atoms with E-state index in [1.165, 1.54) is 0 Å². The lowest BCUT2D eigenvalue weighted by Crippen LogP contribution is -2.42. The zero-order chi connectivity index (χ0) is 23.2. The van der Waals surface area contributed by atoms with Gasteiger partial charge in [-0.25, -0.2) is 0 Å². The van der Waals surface area contributed by atoms with Gasteiger partial charge >= 0.3 is 0 Å². The number of carbonyl (C=O) groups excluding carboxylic acids is 2. The Bertz CT molecular complexity index is 1150. The monoisotopic (exact) mass is 442 g/mol. The van der Waals surface area contributed by atoms with Crippen molar-refractivity contribution in [2.45, 2.75) is 19.4 Å². The minimum absolute atomic E-state index is 0.00546. The van der Waals surface area contributed by atoms with E-state index in [9.17, 15) is 9.59 Å². The van der Waals surface area contributed by atoms with Crippen LogP contribution in [0.1, 0.15) is 24.0 Å². The van der Waals surface area contributed by atoms with Crippen LogP contribution in [0.25, 0.3) is 16.8 Å². The Kier molecular flexibility index (Phi) is 7.08. The first-order valence-electron chi connectivity index (χ1n) is 11.4. The molecular formula is C28H30N2O3. The van der Waals surface area contributed by atoms with Gasteiger partial charge in [-0.2, -0.15) is 0 Å². The number of amides is 2. The Balaban J connectivity index is 1.30. The van der Waals surface area contributed by atoms with Crippen molar-refractivity contribution in [3.8, 4) is 5.75 Å². The second kappa shape index (κ2) is 10.3. The van der Waals surface area contributed by atoms with Crippen LogP contribution in [0.3, 0.4) is 0 Å². The molecule has 5 heteroatoms. The molecule has 3 aromatic carbocycles. The Morgan fingerprint density at radius 2 is 1.70 bits per heavy atom. The normalized spacial score (nSPS) is 14.5. The van der Waals surface area contributed by atoms with Crippen molar-refractivity contribution < 1.29 is 14.3 Å². The minimum Gasteiger partial charge on any atom is -0.497 e. The van der Waals surface area contributed by atoms with E-state index in [2.05, 4.69) is 18.2 Å². The van der Waals surface area contributed by atoms with Gasteiger partial charge in [-0.15, -0.1) is 0 Å². The number of nitrogens with zero attached hydrogens (tertiary/aromatic N) is 2. The summed E-state index contributed by atoms with van der Waals surface area (Å²) in [5, 5.41) is 2.25. The van der Waals surface area contributed by atoms with E-state index in [4.69, 9.17) is 4.74 Å². The largest absolute Gasteiger partial charge is 0.497 e. The molecule has 5 nitrogen and oxygen atoms in total. The number of hydrogen-bond acceptors (Lipinski definition) is 3. The van der Waals surface area contributed by atoms with Crippen molar-refractivity contribution in [2.24, 2.45) is 5.92 Å². The van der Waals surface area contributed by atoms with E-state index in [0.29, 0.717) is 32.5 Å². The number of ether oxygens (including phenoxy) is 1. The number of rotatable bonds is 6. The summed E-state index contributed by atoms with van der Waals surface area (Å²) in [5.74, 6) is 0.951. The smallest absolute Gasteiger partial charge is 0.246 e. The number of carbonyl (C=O) groups is 2. The quantitative estimate of drug-likeness (QED) is 0.517. The van der Waals surface area contributed by atoms with Crippen molar-refractivity contribution >= 4 is 28.7 Å². The van der Waals surface area contributed by atoms with Gasteiger partial charge in [0.1, 0.15) is 5.75 Å². The topological polar surface area (TPSA) is 49.9 Å². The van der Waals surface area contributed by atoms with Gasteiger partial charge in [0.15, 0.2) is 0 Å². The molecule has 0 radical (unpaired) electrons. The van der Waals surface area contributed by atoms with Crippen LogP contribution in [0.4, 0.5) is 0 Å². The lowest BCUT2D eigenvalue weighted by atomic mass is 9.95. The first kappa shape index (κ1) is 22.6. The number of piperidine rings is 1. The molecule has 2 amide bonds. The predicted molar refractivity (Wildman–Crippen MR) is 132 cm³/mol. The van der Waals surface area contributed by atoms with E-state index in [1.54, 1.807) is 13.2 Å². The summed E-state index contributed by atoms with van der Waals surface area (Å²) in [6, 6.07) is 22.0. The van der Waals surface area contributed by atoms with Crippen LogP contribution >= 0.6 is 0 Å². The van der Waals surface area contributed by atoms with Crippen LogP contribution in [0.2, 0.25) is 0 Å². The summed E-state index contributed by atoms with van der Waals surface area (Å²) in [6.07, 6.45) is 4.86. The second-order valence-electron chi connectivity index (χ2n) is 8.59. The van der Waals surface area contributed by atoms with Crippen molar-refractivity contribution in [2.75, 3.05) is 27.2 Å². The molecule has 3 aromatic rings. The molecule has 4 rings (SSSR count). The predicted octanol–water partition coefficient (Wildman–Crippen LogP) is 4.76. The van der Waals surface area contributed by atoms with E-state index in [0.717, 1.165) is 27.6 Å². The van der Waals surface area contributed by atoms with Crippen molar-refractivity contribution in [3.05, 3.63) is 83.9 Å². The number of likely N-dealkylation sites (tertiary alicyclic amines) is 1. The minimum atomic E-state index is -0.0399. The molecule has 170 valence electrons. The van der Waals surface area contributed by atoms with Gasteiger partial charge in [0, 0.05) is 38.7 Å². The molecule has 0 aliphatic carbocycles. The van der Waals surface area contributed by atoms with Crippen molar-refractivity contribution in [1.82, 2.24) is 9.80 Å². The molecule has 1 aliphatic rings. The molecule has 0 unspecified atom stereocenters. The lowest BCUT2D eigenvalue weighted by molar-refractivity contribution is -0.138. The summed E-state index contributed by atoms with van der Waals surface area (Å²) in [5.41, 5.74) is 2.10. The van der Waals surface area contributed by atoms with E-state index >= 15 is 0 Å².